The van der Waals surface area contributed by atoms with Gasteiger partial charge in [0.25, 0.3) is 0 Å². The number of piperazine rings is 1. The summed E-state index contributed by atoms with van der Waals surface area (Å²) in [4.78, 5) is 25.1. The summed E-state index contributed by atoms with van der Waals surface area (Å²) >= 11 is 0. The molecule has 138 valence electrons. The number of hydrogen-bond donors (Lipinski definition) is 1. The molecule has 1 aliphatic carbocycles. The topological polar surface area (TPSA) is 78.8 Å². The monoisotopic (exact) mass is 368 g/mol. The summed E-state index contributed by atoms with van der Waals surface area (Å²) in [6.45, 7) is 4.91. The Morgan fingerprint density at radius 3 is 2.44 bits per heavy atom. The van der Waals surface area contributed by atoms with Gasteiger partial charge in [-0.3, -0.25) is 14.6 Å². The van der Waals surface area contributed by atoms with Crippen LogP contribution in [-0.4, -0.2) is 75.8 Å². The van der Waals surface area contributed by atoms with Gasteiger partial charge in [-0.15, -0.1) is 12.4 Å². The number of aromatic nitrogens is 2. The van der Waals surface area contributed by atoms with E-state index in [2.05, 4.69) is 19.8 Å². The lowest BCUT2D eigenvalue weighted by Crippen LogP contribution is -2.61. The summed E-state index contributed by atoms with van der Waals surface area (Å²) in [5, 5.41) is 9.64. The third kappa shape index (κ3) is 3.79. The number of carbonyl (C=O) groups is 1. The first-order valence-corrected chi connectivity index (χ1v) is 8.77. The second kappa shape index (κ2) is 7.53. The zero-order valence-electron chi connectivity index (χ0n) is 14.3. The molecule has 8 heteroatoms. The van der Waals surface area contributed by atoms with Gasteiger partial charge >= 0.3 is 5.97 Å². The van der Waals surface area contributed by atoms with E-state index >= 15 is 0 Å². The molecule has 0 amide bonds. The van der Waals surface area contributed by atoms with E-state index in [1.54, 1.807) is 0 Å². The molecule has 1 aromatic heterocycles. The summed E-state index contributed by atoms with van der Waals surface area (Å²) in [7, 11) is 0. The van der Waals surface area contributed by atoms with E-state index in [4.69, 9.17) is 4.74 Å². The average Bonchev–Trinajstić information content (AvgIpc) is 3.32. The molecule has 0 spiro atoms. The van der Waals surface area contributed by atoms with E-state index in [1.165, 1.54) is 12.8 Å². The van der Waals surface area contributed by atoms with Gasteiger partial charge in [-0.05, 0) is 12.8 Å². The van der Waals surface area contributed by atoms with Gasteiger partial charge in [-0.25, -0.2) is 9.97 Å². The van der Waals surface area contributed by atoms with Crippen LogP contribution in [0.15, 0.2) is 12.4 Å². The number of hydrogen-bond acceptors (Lipinski definition) is 6. The van der Waals surface area contributed by atoms with E-state index in [0.717, 1.165) is 44.1 Å². The fourth-order valence-electron chi connectivity index (χ4n) is 3.70. The van der Waals surface area contributed by atoms with Crippen molar-refractivity contribution in [3.63, 3.8) is 0 Å². The van der Waals surface area contributed by atoms with Gasteiger partial charge in [0, 0.05) is 69.6 Å². The second-order valence-electron chi connectivity index (χ2n) is 7.13. The predicted octanol–water partition coefficient (Wildman–Crippen LogP) is 1.14. The van der Waals surface area contributed by atoms with Gasteiger partial charge in [-0.2, -0.15) is 0 Å². The molecule has 1 aromatic rings. The van der Waals surface area contributed by atoms with Gasteiger partial charge in [-0.1, -0.05) is 0 Å². The number of aliphatic carboxylic acids is 1. The van der Waals surface area contributed by atoms with Gasteiger partial charge in [0.1, 0.15) is 11.4 Å². The fraction of sp³-hybridized carbons (Fsp3) is 0.706. The summed E-state index contributed by atoms with van der Waals surface area (Å²) in [6, 6.07) is 0. The van der Waals surface area contributed by atoms with Gasteiger partial charge in [0.05, 0.1) is 6.61 Å². The maximum absolute atomic E-state index is 11.7. The fourth-order valence-corrected chi connectivity index (χ4v) is 3.70. The van der Waals surface area contributed by atoms with Crippen molar-refractivity contribution in [2.75, 3.05) is 39.4 Å². The molecule has 25 heavy (non-hydrogen) atoms. The Hall–Kier alpha value is -1.28. The molecule has 2 aliphatic heterocycles. The van der Waals surface area contributed by atoms with Crippen LogP contribution in [0, 0.1) is 0 Å². The molecule has 3 heterocycles. The molecule has 7 nitrogen and oxygen atoms in total. The first-order chi connectivity index (χ1) is 11.7. The predicted molar refractivity (Wildman–Crippen MR) is 93.9 cm³/mol. The molecule has 1 saturated carbocycles. The van der Waals surface area contributed by atoms with E-state index in [0.29, 0.717) is 25.6 Å². The number of carboxylic acid groups (broad SMARTS) is 1. The molecule has 1 unspecified atom stereocenters. The van der Waals surface area contributed by atoms with Crippen molar-refractivity contribution in [1.82, 2.24) is 19.8 Å². The summed E-state index contributed by atoms with van der Waals surface area (Å²) in [6.07, 6.45) is 6.90. The van der Waals surface area contributed by atoms with Crippen LogP contribution >= 0.6 is 12.4 Å². The number of ether oxygens (including phenoxy) is 1. The smallest absolute Gasteiger partial charge is 0.326 e. The molecular formula is C17H25ClN4O3. The van der Waals surface area contributed by atoms with Crippen LogP contribution in [0.5, 0.6) is 0 Å². The average molecular weight is 369 g/mol. The first-order valence-electron chi connectivity index (χ1n) is 8.77. The van der Waals surface area contributed by atoms with Crippen LogP contribution in [0.1, 0.15) is 36.6 Å². The van der Waals surface area contributed by atoms with Crippen LogP contribution in [-0.2, 0) is 16.1 Å². The SMILES string of the molecule is Cl.O=C(O)C1(N2CCN(Cc3cnc(C4CC4)nc3)CC2)CCOC1. The highest BCUT2D eigenvalue weighted by Crippen LogP contribution is 2.37. The largest absolute Gasteiger partial charge is 0.480 e. The maximum Gasteiger partial charge on any atom is 0.326 e. The standard InChI is InChI=1S/C17H24N4O3.ClH/c22-16(23)17(3-8-24-12-17)21-6-4-20(5-7-21)11-13-9-18-15(19-10-13)14-1-2-14;/h9-10,14H,1-8,11-12H2,(H,22,23);1H. The lowest BCUT2D eigenvalue weighted by atomic mass is 9.95. The van der Waals surface area contributed by atoms with Crippen molar-refractivity contribution in [1.29, 1.82) is 0 Å². The van der Waals surface area contributed by atoms with Crippen molar-refractivity contribution >= 4 is 18.4 Å². The first kappa shape index (κ1) is 18.5. The Bertz CT molecular complexity index is 594. The zero-order chi connectivity index (χ0) is 16.6. The number of carboxylic acids is 1. The van der Waals surface area contributed by atoms with Gasteiger partial charge in [0.15, 0.2) is 0 Å². The Balaban J connectivity index is 0.00000182. The highest BCUT2D eigenvalue weighted by Gasteiger charge is 2.48. The summed E-state index contributed by atoms with van der Waals surface area (Å²) in [5.74, 6) is 0.814. The summed E-state index contributed by atoms with van der Waals surface area (Å²) < 4.78 is 5.38. The van der Waals surface area contributed by atoms with E-state index in [-0.39, 0.29) is 12.4 Å². The minimum atomic E-state index is -0.818. The highest BCUT2D eigenvalue weighted by molar-refractivity contribution is 5.85. The number of rotatable bonds is 5. The maximum atomic E-state index is 11.7. The molecule has 3 aliphatic rings. The van der Waals surface area contributed by atoms with Gasteiger partial charge < -0.3 is 9.84 Å². The van der Waals surface area contributed by atoms with Crippen molar-refractivity contribution < 1.29 is 14.6 Å². The number of halogens is 1. The zero-order valence-corrected chi connectivity index (χ0v) is 15.1. The second-order valence-corrected chi connectivity index (χ2v) is 7.13. The molecule has 2 saturated heterocycles. The Kier molecular flexibility index (Phi) is 5.58. The van der Waals surface area contributed by atoms with Crippen LogP contribution in [0.2, 0.25) is 0 Å². The van der Waals surface area contributed by atoms with Crippen LogP contribution in [0.25, 0.3) is 0 Å². The Morgan fingerprint density at radius 2 is 1.92 bits per heavy atom. The molecule has 1 atom stereocenters. The lowest BCUT2D eigenvalue weighted by molar-refractivity contribution is -0.153. The van der Waals surface area contributed by atoms with Crippen LogP contribution < -0.4 is 0 Å². The van der Waals surface area contributed by atoms with Gasteiger partial charge in [0.2, 0.25) is 0 Å². The highest BCUT2D eigenvalue weighted by atomic mass is 35.5. The van der Waals surface area contributed by atoms with Crippen molar-refractivity contribution in [2.24, 2.45) is 0 Å². The molecule has 4 rings (SSSR count). The third-order valence-corrected chi connectivity index (χ3v) is 5.45. The van der Waals surface area contributed by atoms with E-state index < -0.39 is 11.5 Å². The minimum absolute atomic E-state index is 0. The molecule has 0 aromatic carbocycles. The van der Waals surface area contributed by atoms with Crippen LogP contribution in [0.4, 0.5) is 0 Å². The van der Waals surface area contributed by atoms with Crippen molar-refractivity contribution in [3.8, 4) is 0 Å². The van der Waals surface area contributed by atoms with E-state index in [1.807, 2.05) is 12.4 Å². The third-order valence-electron chi connectivity index (χ3n) is 5.45. The quantitative estimate of drug-likeness (QED) is 0.834. The summed E-state index contributed by atoms with van der Waals surface area (Å²) in [5.41, 5.74) is 0.311. The molecule has 3 fully saturated rings. The van der Waals surface area contributed by atoms with Crippen molar-refractivity contribution in [2.45, 2.75) is 37.3 Å². The Labute approximate surface area is 153 Å². The molecule has 0 bridgehead atoms. The molecular weight excluding hydrogens is 344 g/mol. The van der Waals surface area contributed by atoms with Crippen molar-refractivity contribution in [3.05, 3.63) is 23.8 Å². The number of nitrogens with zero attached hydrogens (tertiary/aromatic N) is 4. The normalized spacial score (nSPS) is 27.8. The molecule has 0 radical (unpaired) electrons. The minimum Gasteiger partial charge on any atom is -0.480 e. The molecule has 1 N–H and O–H groups in total. The van der Waals surface area contributed by atoms with Crippen LogP contribution in [0.3, 0.4) is 0 Å². The van der Waals surface area contributed by atoms with E-state index in [9.17, 15) is 9.90 Å². The Morgan fingerprint density at radius 1 is 1.24 bits per heavy atom. The lowest BCUT2D eigenvalue weighted by Gasteiger charge is -2.42.